The second-order valence-electron chi connectivity index (χ2n) is 8.49. The maximum absolute atomic E-state index is 12.5. The summed E-state index contributed by atoms with van der Waals surface area (Å²) in [7, 11) is 1.53. The molecule has 6 nitrogen and oxygen atoms in total. The molecule has 0 bridgehead atoms. The molecule has 2 fully saturated rings. The predicted octanol–water partition coefficient (Wildman–Crippen LogP) is 2.16. The minimum Gasteiger partial charge on any atom is -0.493 e. The average Bonchev–Trinajstić information content (AvgIpc) is 2.77. The van der Waals surface area contributed by atoms with Crippen LogP contribution in [0.25, 0.3) is 0 Å². The van der Waals surface area contributed by atoms with Crippen LogP contribution >= 0.6 is 0 Å². The SMILES string of the molecule is COc1cc(C(C)=O)ccc1OCC(=O)NCC1([NH+]2CCCCC2)CCCCC1. The van der Waals surface area contributed by atoms with E-state index in [1.165, 1.54) is 78.5 Å². The average molecular weight is 404 g/mol. The highest BCUT2D eigenvalue weighted by Gasteiger charge is 2.42. The molecule has 160 valence electrons. The summed E-state index contributed by atoms with van der Waals surface area (Å²) in [5, 5.41) is 3.15. The number of Topliss-reactive ketones (excluding diaryl/α,β-unsaturated/α-hetero) is 1. The van der Waals surface area contributed by atoms with Crippen LogP contribution in [0.1, 0.15) is 68.6 Å². The van der Waals surface area contributed by atoms with Crippen LogP contribution in [0, 0.1) is 0 Å². The zero-order chi connectivity index (χ0) is 20.7. The van der Waals surface area contributed by atoms with Gasteiger partial charge in [0.25, 0.3) is 5.91 Å². The Hall–Kier alpha value is -2.08. The van der Waals surface area contributed by atoms with Gasteiger partial charge in [0, 0.05) is 18.4 Å². The van der Waals surface area contributed by atoms with E-state index in [0.717, 1.165) is 6.54 Å². The van der Waals surface area contributed by atoms with Crippen molar-refractivity contribution in [2.75, 3.05) is 33.4 Å². The van der Waals surface area contributed by atoms with Crippen LogP contribution in [-0.2, 0) is 4.79 Å². The summed E-state index contributed by atoms with van der Waals surface area (Å²) in [4.78, 5) is 25.7. The van der Waals surface area contributed by atoms with Gasteiger partial charge in [0.15, 0.2) is 23.9 Å². The minimum atomic E-state index is -0.107. The van der Waals surface area contributed by atoms with Gasteiger partial charge in [-0.2, -0.15) is 0 Å². The number of ketones is 1. The van der Waals surface area contributed by atoms with Gasteiger partial charge in [-0.25, -0.2) is 0 Å². The first kappa shape index (κ1) is 21.6. The molecule has 2 N–H and O–H groups in total. The van der Waals surface area contributed by atoms with Crippen molar-refractivity contribution in [3.8, 4) is 11.5 Å². The van der Waals surface area contributed by atoms with Gasteiger partial charge in [0.2, 0.25) is 0 Å². The quantitative estimate of drug-likeness (QED) is 0.653. The van der Waals surface area contributed by atoms with E-state index in [9.17, 15) is 9.59 Å². The normalized spacial score (nSPS) is 19.4. The number of methoxy groups -OCH3 is 1. The number of carbonyl (C=O) groups excluding carboxylic acids is 2. The van der Waals surface area contributed by atoms with Crippen LogP contribution in [0.3, 0.4) is 0 Å². The summed E-state index contributed by atoms with van der Waals surface area (Å²) in [6.07, 6.45) is 10.2. The molecule has 1 heterocycles. The van der Waals surface area contributed by atoms with Crippen molar-refractivity contribution < 1.29 is 24.0 Å². The number of amides is 1. The van der Waals surface area contributed by atoms with Crippen molar-refractivity contribution in [2.45, 2.75) is 63.8 Å². The second kappa shape index (κ2) is 10.1. The van der Waals surface area contributed by atoms with E-state index >= 15 is 0 Å². The first-order valence-electron chi connectivity index (χ1n) is 11.0. The van der Waals surface area contributed by atoms with Crippen LogP contribution in [0.4, 0.5) is 0 Å². The van der Waals surface area contributed by atoms with Crippen molar-refractivity contribution >= 4 is 11.7 Å². The molecule has 0 atom stereocenters. The Bertz CT molecular complexity index is 707. The summed E-state index contributed by atoms with van der Waals surface area (Å²) >= 11 is 0. The molecule has 1 aliphatic heterocycles. The van der Waals surface area contributed by atoms with Crippen molar-refractivity contribution in [3.05, 3.63) is 23.8 Å². The van der Waals surface area contributed by atoms with Gasteiger partial charge in [0.1, 0.15) is 5.54 Å². The molecule has 3 rings (SSSR count). The molecule has 0 radical (unpaired) electrons. The molecule has 6 heteroatoms. The van der Waals surface area contributed by atoms with Gasteiger partial charge < -0.3 is 19.7 Å². The molecule has 0 spiro atoms. The molecule has 2 aliphatic rings. The lowest BCUT2D eigenvalue weighted by Crippen LogP contribution is -3.22. The van der Waals surface area contributed by atoms with Gasteiger partial charge in [-0.05, 0) is 57.2 Å². The third kappa shape index (κ3) is 5.50. The molecule has 29 heavy (non-hydrogen) atoms. The fraction of sp³-hybridized carbons (Fsp3) is 0.652. The number of likely N-dealkylation sites (tertiary alicyclic amines) is 1. The van der Waals surface area contributed by atoms with E-state index in [2.05, 4.69) is 5.32 Å². The lowest BCUT2D eigenvalue weighted by Gasteiger charge is -2.45. The Morgan fingerprint density at radius 1 is 1.03 bits per heavy atom. The Labute approximate surface area is 173 Å². The van der Waals surface area contributed by atoms with Gasteiger partial charge in [-0.15, -0.1) is 0 Å². The van der Waals surface area contributed by atoms with Crippen molar-refractivity contribution in [1.82, 2.24) is 5.32 Å². The summed E-state index contributed by atoms with van der Waals surface area (Å²) in [5.74, 6) is 0.795. The molecule has 1 saturated heterocycles. The topological polar surface area (TPSA) is 69.1 Å². The number of quaternary nitrogens is 1. The predicted molar refractivity (Wildman–Crippen MR) is 112 cm³/mol. The zero-order valence-corrected chi connectivity index (χ0v) is 17.9. The van der Waals surface area contributed by atoms with Crippen LogP contribution in [-0.4, -0.2) is 50.6 Å². The number of piperidine rings is 1. The molecule has 1 amide bonds. The van der Waals surface area contributed by atoms with E-state index in [4.69, 9.17) is 9.47 Å². The van der Waals surface area contributed by atoms with Crippen LogP contribution in [0.15, 0.2) is 18.2 Å². The summed E-state index contributed by atoms with van der Waals surface area (Å²) in [6, 6.07) is 5.02. The highest BCUT2D eigenvalue weighted by molar-refractivity contribution is 5.94. The van der Waals surface area contributed by atoms with E-state index in [1.54, 1.807) is 23.1 Å². The Kier molecular flexibility index (Phi) is 7.53. The number of hydrogen-bond donors (Lipinski definition) is 2. The van der Waals surface area contributed by atoms with Crippen molar-refractivity contribution in [3.63, 3.8) is 0 Å². The fourth-order valence-electron chi connectivity index (χ4n) is 4.86. The van der Waals surface area contributed by atoms with E-state index < -0.39 is 0 Å². The molecule has 1 aromatic carbocycles. The molecule has 1 aliphatic carbocycles. The van der Waals surface area contributed by atoms with Crippen LogP contribution in [0.2, 0.25) is 0 Å². The van der Waals surface area contributed by atoms with Crippen molar-refractivity contribution in [2.24, 2.45) is 0 Å². The molecule has 0 unspecified atom stereocenters. The first-order valence-corrected chi connectivity index (χ1v) is 11.0. The number of rotatable bonds is 8. The molecular formula is C23H35N2O4+. The second-order valence-corrected chi connectivity index (χ2v) is 8.49. The third-order valence-electron chi connectivity index (χ3n) is 6.57. The number of ether oxygens (including phenoxy) is 2. The monoisotopic (exact) mass is 403 g/mol. The highest BCUT2D eigenvalue weighted by Crippen LogP contribution is 2.28. The van der Waals surface area contributed by atoms with Crippen LogP contribution < -0.4 is 19.7 Å². The first-order chi connectivity index (χ1) is 14.0. The van der Waals surface area contributed by atoms with Gasteiger partial charge in [0.05, 0.1) is 26.7 Å². The minimum absolute atomic E-state index is 0.0365. The smallest absolute Gasteiger partial charge is 0.258 e. The van der Waals surface area contributed by atoms with Gasteiger partial charge in [-0.1, -0.05) is 6.42 Å². The lowest BCUT2D eigenvalue weighted by molar-refractivity contribution is -0.957. The van der Waals surface area contributed by atoms with Crippen molar-refractivity contribution in [1.29, 1.82) is 0 Å². The van der Waals surface area contributed by atoms with E-state index in [-0.39, 0.29) is 23.8 Å². The fourth-order valence-corrected chi connectivity index (χ4v) is 4.86. The summed E-state index contributed by atoms with van der Waals surface area (Å²) in [5.41, 5.74) is 0.747. The largest absolute Gasteiger partial charge is 0.493 e. The number of benzene rings is 1. The number of hydrogen-bond acceptors (Lipinski definition) is 4. The van der Waals surface area contributed by atoms with Crippen LogP contribution in [0.5, 0.6) is 11.5 Å². The maximum atomic E-state index is 12.5. The van der Waals surface area contributed by atoms with Gasteiger partial charge >= 0.3 is 0 Å². The Balaban J connectivity index is 1.56. The molecular weight excluding hydrogens is 368 g/mol. The molecule has 1 saturated carbocycles. The van der Waals surface area contributed by atoms with Gasteiger partial charge in [-0.3, -0.25) is 9.59 Å². The van der Waals surface area contributed by atoms with E-state index in [1.807, 2.05) is 0 Å². The standard InChI is InChI=1S/C23H34N2O4/c1-18(26)19-9-10-20(21(15-19)28-2)29-16-22(27)24-17-23(11-5-3-6-12-23)25-13-7-4-8-14-25/h9-10,15H,3-8,11-14,16-17H2,1-2H3,(H,24,27)/p+1. The maximum Gasteiger partial charge on any atom is 0.258 e. The lowest BCUT2D eigenvalue weighted by atomic mass is 9.79. The molecule has 1 aromatic rings. The Morgan fingerprint density at radius 3 is 2.38 bits per heavy atom. The number of carbonyl (C=O) groups is 2. The highest BCUT2D eigenvalue weighted by atomic mass is 16.5. The molecule has 0 aromatic heterocycles. The third-order valence-corrected chi connectivity index (χ3v) is 6.57. The number of nitrogens with one attached hydrogen (secondary N) is 2. The van der Waals surface area contributed by atoms with E-state index in [0.29, 0.717) is 17.1 Å². The summed E-state index contributed by atoms with van der Waals surface area (Å²) in [6.45, 7) is 4.64. The Morgan fingerprint density at radius 2 is 1.72 bits per heavy atom. The zero-order valence-electron chi connectivity index (χ0n) is 17.9. The summed E-state index contributed by atoms with van der Waals surface area (Å²) < 4.78 is 11.0.